The van der Waals surface area contributed by atoms with Gasteiger partial charge in [0.05, 0.1) is 0 Å². The van der Waals surface area contributed by atoms with Crippen molar-refractivity contribution in [1.29, 1.82) is 10.5 Å². The van der Waals surface area contributed by atoms with Gasteiger partial charge < -0.3 is 10.1 Å². The van der Waals surface area contributed by atoms with Crippen molar-refractivity contribution in [3.63, 3.8) is 0 Å². The number of H-pyrrole nitrogens is 1. The fourth-order valence-corrected chi connectivity index (χ4v) is 0.669. The number of nitrogens with zero attached hydrogens (tertiary/aromatic N) is 3. The molecule has 1 rings (SSSR count). The largest absolute Gasteiger partial charge is 0.449 e. The second-order valence-electron chi connectivity index (χ2n) is 2.35. The normalized spacial score (nSPS) is 9.69. The second kappa shape index (κ2) is 5.73. The van der Waals surface area contributed by atoms with Gasteiger partial charge in [0.2, 0.25) is 5.82 Å². The first-order chi connectivity index (χ1) is 7.40. The molecular formula is C8H7F3N4O. The summed E-state index contributed by atoms with van der Waals surface area (Å²) >= 11 is 0. The van der Waals surface area contributed by atoms with E-state index in [0.717, 1.165) is 0 Å². The number of aliphatic hydroxyl groups is 1. The topological polar surface area (TPSA) is 96.5 Å². The van der Waals surface area contributed by atoms with E-state index in [9.17, 15) is 13.2 Å². The van der Waals surface area contributed by atoms with E-state index in [1.165, 1.54) is 12.1 Å². The molecule has 5 nitrogen and oxygen atoms in total. The van der Waals surface area contributed by atoms with Crippen LogP contribution in [0.2, 0.25) is 0 Å². The minimum atomic E-state index is -4.67. The number of aromatic amines is 1. The van der Waals surface area contributed by atoms with Crippen molar-refractivity contribution in [1.82, 2.24) is 9.97 Å². The van der Waals surface area contributed by atoms with E-state index in [-0.39, 0.29) is 6.61 Å². The summed E-state index contributed by atoms with van der Waals surface area (Å²) in [5, 5.41) is 24.1. The Balaban J connectivity index is 0.000000673. The molecule has 86 valence electrons. The molecule has 0 amide bonds. The number of aromatic nitrogens is 2. The number of hydrogen-bond acceptors (Lipinski definition) is 4. The molecule has 0 atom stereocenters. The first-order valence-corrected chi connectivity index (χ1v) is 3.98. The number of halogens is 3. The number of nitriles is 2. The molecule has 0 saturated heterocycles. The maximum atomic E-state index is 11.9. The highest BCUT2D eigenvalue weighted by atomic mass is 19.4. The Morgan fingerprint density at radius 1 is 1.38 bits per heavy atom. The van der Waals surface area contributed by atoms with Gasteiger partial charge in [-0.05, 0) is 6.92 Å². The number of alkyl halides is 3. The van der Waals surface area contributed by atoms with Crippen LogP contribution in [-0.2, 0) is 6.18 Å². The third-order valence-electron chi connectivity index (χ3n) is 1.19. The Bertz CT molecular complexity index is 392. The molecule has 1 aromatic rings. The molecule has 0 radical (unpaired) electrons. The van der Waals surface area contributed by atoms with Crippen molar-refractivity contribution in [2.75, 3.05) is 6.61 Å². The summed E-state index contributed by atoms with van der Waals surface area (Å²) in [5.74, 6) is -1.33. The molecular weight excluding hydrogens is 225 g/mol. The molecule has 0 saturated carbocycles. The predicted octanol–water partition coefficient (Wildman–Crippen LogP) is 1.17. The summed E-state index contributed by atoms with van der Waals surface area (Å²) in [6.07, 6.45) is -4.67. The summed E-state index contributed by atoms with van der Waals surface area (Å²) in [6.45, 7) is 1.93. The third-order valence-corrected chi connectivity index (χ3v) is 1.19. The van der Waals surface area contributed by atoms with E-state index >= 15 is 0 Å². The van der Waals surface area contributed by atoms with Crippen LogP contribution in [0.25, 0.3) is 0 Å². The van der Waals surface area contributed by atoms with Gasteiger partial charge >= 0.3 is 6.18 Å². The molecule has 8 heteroatoms. The molecule has 0 aliphatic heterocycles. The van der Waals surface area contributed by atoms with Gasteiger partial charge in [0.25, 0.3) is 0 Å². The van der Waals surface area contributed by atoms with Crippen molar-refractivity contribution in [3.05, 3.63) is 17.2 Å². The van der Waals surface area contributed by atoms with Crippen molar-refractivity contribution in [3.8, 4) is 12.1 Å². The van der Waals surface area contributed by atoms with E-state index in [1.807, 2.05) is 0 Å². The average molecular weight is 232 g/mol. The van der Waals surface area contributed by atoms with Gasteiger partial charge in [-0.1, -0.05) is 0 Å². The number of hydrogen-bond donors (Lipinski definition) is 2. The fraction of sp³-hybridized carbons (Fsp3) is 0.375. The van der Waals surface area contributed by atoms with Gasteiger partial charge in [0, 0.05) is 6.61 Å². The zero-order valence-corrected chi connectivity index (χ0v) is 8.13. The Kier molecular flexibility index (Phi) is 4.99. The summed E-state index contributed by atoms with van der Waals surface area (Å²) < 4.78 is 35.8. The van der Waals surface area contributed by atoms with Crippen LogP contribution in [0, 0.1) is 22.7 Å². The summed E-state index contributed by atoms with van der Waals surface area (Å²) in [4.78, 5) is 4.61. The molecule has 0 aromatic carbocycles. The number of nitrogens with one attached hydrogen (secondary N) is 1. The zero-order chi connectivity index (χ0) is 12.8. The fourth-order valence-electron chi connectivity index (χ4n) is 0.669. The minimum Gasteiger partial charge on any atom is -0.397 e. The minimum absolute atomic E-state index is 0.250. The summed E-state index contributed by atoms with van der Waals surface area (Å²) in [6, 6.07) is 2.77. The van der Waals surface area contributed by atoms with Gasteiger partial charge in [-0.15, -0.1) is 0 Å². The van der Waals surface area contributed by atoms with Crippen molar-refractivity contribution in [2.24, 2.45) is 0 Å². The SMILES string of the molecule is CCO.N#Cc1nc(C(F)(F)F)[nH]c1C#N. The maximum absolute atomic E-state index is 11.9. The first-order valence-electron chi connectivity index (χ1n) is 3.98. The molecule has 2 N–H and O–H groups in total. The molecule has 0 bridgehead atoms. The Morgan fingerprint density at radius 3 is 2.12 bits per heavy atom. The average Bonchev–Trinajstić information content (AvgIpc) is 2.61. The molecule has 1 heterocycles. The lowest BCUT2D eigenvalue weighted by Gasteiger charge is -1.98. The van der Waals surface area contributed by atoms with Crippen LogP contribution >= 0.6 is 0 Å². The third kappa shape index (κ3) is 3.59. The Hall–Kier alpha value is -2.06. The monoisotopic (exact) mass is 232 g/mol. The lowest BCUT2D eigenvalue weighted by Crippen LogP contribution is -2.07. The van der Waals surface area contributed by atoms with E-state index in [1.54, 1.807) is 11.9 Å². The predicted molar refractivity (Wildman–Crippen MR) is 45.8 cm³/mol. The van der Waals surface area contributed by atoms with Crippen molar-refractivity contribution >= 4 is 0 Å². The van der Waals surface area contributed by atoms with Gasteiger partial charge in [0.1, 0.15) is 12.1 Å². The molecule has 0 unspecified atom stereocenters. The van der Waals surface area contributed by atoms with Crippen LogP contribution in [0.15, 0.2) is 0 Å². The highest BCUT2D eigenvalue weighted by Crippen LogP contribution is 2.27. The van der Waals surface area contributed by atoms with Crippen LogP contribution in [0.4, 0.5) is 13.2 Å². The highest BCUT2D eigenvalue weighted by Gasteiger charge is 2.35. The number of rotatable bonds is 0. The van der Waals surface area contributed by atoms with Crippen LogP contribution < -0.4 is 0 Å². The van der Waals surface area contributed by atoms with E-state index < -0.39 is 23.4 Å². The van der Waals surface area contributed by atoms with Gasteiger partial charge in [-0.2, -0.15) is 23.7 Å². The smallest absolute Gasteiger partial charge is 0.397 e. The quantitative estimate of drug-likeness (QED) is 0.701. The lowest BCUT2D eigenvalue weighted by molar-refractivity contribution is -0.144. The first kappa shape index (κ1) is 13.9. The van der Waals surface area contributed by atoms with Gasteiger partial charge in [-0.25, -0.2) is 4.98 Å². The van der Waals surface area contributed by atoms with Crippen molar-refractivity contribution in [2.45, 2.75) is 13.1 Å². The van der Waals surface area contributed by atoms with Crippen LogP contribution in [0.3, 0.4) is 0 Å². The number of aliphatic hydroxyl groups excluding tert-OH is 1. The van der Waals surface area contributed by atoms with E-state index in [0.29, 0.717) is 0 Å². The summed E-state index contributed by atoms with van der Waals surface area (Å²) in [7, 11) is 0. The van der Waals surface area contributed by atoms with Crippen LogP contribution in [0.5, 0.6) is 0 Å². The molecule has 0 aliphatic rings. The van der Waals surface area contributed by atoms with Gasteiger partial charge in [-0.3, -0.25) is 0 Å². The van der Waals surface area contributed by atoms with Crippen LogP contribution in [-0.4, -0.2) is 21.7 Å². The molecule has 0 spiro atoms. The van der Waals surface area contributed by atoms with Crippen molar-refractivity contribution < 1.29 is 18.3 Å². The standard InChI is InChI=1S/C6HF3N4.C2H6O/c7-6(8,9)5-12-3(1-10)4(2-11)13-5;1-2-3/h(H,12,13);3H,2H2,1H3. The molecule has 16 heavy (non-hydrogen) atoms. The second-order valence-corrected chi connectivity index (χ2v) is 2.35. The molecule has 1 aromatic heterocycles. The highest BCUT2D eigenvalue weighted by molar-refractivity contribution is 5.36. The maximum Gasteiger partial charge on any atom is 0.449 e. The zero-order valence-electron chi connectivity index (χ0n) is 8.13. The summed E-state index contributed by atoms with van der Waals surface area (Å²) in [5.41, 5.74) is -1.02. The lowest BCUT2D eigenvalue weighted by atomic mass is 10.4. The molecule has 0 fully saturated rings. The van der Waals surface area contributed by atoms with Crippen LogP contribution in [0.1, 0.15) is 24.1 Å². The molecule has 0 aliphatic carbocycles. The van der Waals surface area contributed by atoms with E-state index in [4.69, 9.17) is 15.6 Å². The Morgan fingerprint density at radius 2 is 1.88 bits per heavy atom. The number of imidazole rings is 1. The Labute approximate surface area is 88.8 Å². The van der Waals surface area contributed by atoms with Gasteiger partial charge in [0.15, 0.2) is 11.4 Å². The van der Waals surface area contributed by atoms with E-state index in [2.05, 4.69) is 4.98 Å².